The molecule has 2 aromatic carbocycles. The Morgan fingerprint density at radius 3 is 2.62 bits per heavy atom. The molecule has 0 saturated heterocycles. The standard InChI is InChI=1S/C19H16F2N2O3/c1-11(12-7-8-17(25-2)15(21)9-12)22-19(24)16-10-18(26-23-16)13-5-3-4-6-14(13)20/h3-11H,1-2H3,(H,22,24)/t11-/m1/s1. The number of nitrogens with one attached hydrogen (secondary N) is 1. The van der Waals surface area contributed by atoms with Crippen molar-refractivity contribution in [3.8, 4) is 17.1 Å². The molecule has 0 aliphatic heterocycles. The number of ether oxygens (including phenoxy) is 1. The number of rotatable bonds is 5. The Labute approximate surface area is 148 Å². The van der Waals surface area contributed by atoms with Gasteiger partial charge in [0.05, 0.1) is 18.7 Å². The Balaban J connectivity index is 1.74. The first-order valence-electron chi connectivity index (χ1n) is 7.85. The summed E-state index contributed by atoms with van der Waals surface area (Å²) in [5.74, 6) is -1.23. The first-order chi connectivity index (χ1) is 12.5. The molecular weight excluding hydrogens is 342 g/mol. The van der Waals surface area contributed by atoms with Crippen LogP contribution in [0, 0.1) is 11.6 Å². The number of hydrogen-bond donors (Lipinski definition) is 1. The van der Waals surface area contributed by atoms with Gasteiger partial charge in [-0.1, -0.05) is 23.4 Å². The van der Waals surface area contributed by atoms with Crippen molar-refractivity contribution in [2.24, 2.45) is 0 Å². The van der Waals surface area contributed by atoms with E-state index in [1.54, 1.807) is 25.1 Å². The van der Waals surface area contributed by atoms with Crippen LogP contribution >= 0.6 is 0 Å². The van der Waals surface area contributed by atoms with Gasteiger partial charge in [0, 0.05) is 6.07 Å². The van der Waals surface area contributed by atoms with E-state index in [4.69, 9.17) is 9.26 Å². The van der Waals surface area contributed by atoms with Gasteiger partial charge in [0.15, 0.2) is 23.0 Å². The number of hydrogen-bond acceptors (Lipinski definition) is 4. The number of nitrogens with zero attached hydrogens (tertiary/aromatic N) is 1. The Bertz CT molecular complexity index is 940. The summed E-state index contributed by atoms with van der Waals surface area (Å²) in [6.45, 7) is 1.71. The Kier molecular flexibility index (Phi) is 4.97. The number of halogens is 2. The summed E-state index contributed by atoms with van der Waals surface area (Å²) < 4.78 is 37.5. The van der Waals surface area contributed by atoms with Crippen molar-refractivity contribution in [2.45, 2.75) is 13.0 Å². The highest BCUT2D eigenvalue weighted by molar-refractivity contribution is 5.93. The van der Waals surface area contributed by atoms with Crippen LogP contribution in [0.5, 0.6) is 5.75 Å². The van der Waals surface area contributed by atoms with Crippen LogP contribution in [0.15, 0.2) is 53.1 Å². The second-order valence-corrected chi connectivity index (χ2v) is 5.65. The van der Waals surface area contributed by atoms with Crippen molar-refractivity contribution in [3.05, 3.63) is 71.4 Å². The molecule has 1 aromatic heterocycles. The molecule has 0 spiro atoms. The summed E-state index contributed by atoms with van der Waals surface area (Å²) in [7, 11) is 1.38. The molecule has 1 N–H and O–H groups in total. The van der Waals surface area contributed by atoms with Crippen LogP contribution in [-0.2, 0) is 0 Å². The Hall–Kier alpha value is -3.22. The van der Waals surface area contributed by atoms with Gasteiger partial charge in [-0.05, 0) is 36.8 Å². The monoisotopic (exact) mass is 358 g/mol. The lowest BCUT2D eigenvalue weighted by Crippen LogP contribution is -2.26. The number of carbonyl (C=O) groups excluding carboxylic acids is 1. The van der Waals surface area contributed by atoms with Gasteiger partial charge >= 0.3 is 0 Å². The van der Waals surface area contributed by atoms with Gasteiger partial charge in [-0.15, -0.1) is 0 Å². The highest BCUT2D eigenvalue weighted by Crippen LogP contribution is 2.24. The molecule has 3 aromatic rings. The molecule has 0 fully saturated rings. The second kappa shape index (κ2) is 7.35. The fraction of sp³-hybridized carbons (Fsp3) is 0.158. The van der Waals surface area contributed by atoms with Gasteiger partial charge in [-0.25, -0.2) is 8.78 Å². The summed E-state index contributed by atoms with van der Waals surface area (Å²) in [6, 6.07) is 11.3. The van der Waals surface area contributed by atoms with Crippen LogP contribution in [0.4, 0.5) is 8.78 Å². The van der Waals surface area contributed by atoms with Gasteiger partial charge in [-0.2, -0.15) is 0 Å². The van der Waals surface area contributed by atoms with Crippen molar-refractivity contribution < 1.29 is 22.8 Å². The highest BCUT2D eigenvalue weighted by atomic mass is 19.1. The largest absolute Gasteiger partial charge is 0.494 e. The fourth-order valence-electron chi connectivity index (χ4n) is 2.48. The molecule has 0 aliphatic carbocycles. The highest BCUT2D eigenvalue weighted by Gasteiger charge is 2.18. The predicted molar refractivity (Wildman–Crippen MR) is 90.7 cm³/mol. The predicted octanol–water partition coefficient (Wildman–Crippen LogP) is 4.12. The molecule has 7 heteroatoms. The molecule has 0 radical (unpaired) electrons. The first kappa shape index (κ1) is 17.6. The van der Waals surface area contributed by atoms with Crippen molar-refractivity contribution in [1.29, 1.82) is 0 Å². The van der Waals surface area contributed by atoms with Crippen molar-refractivity contribution >= 4 is 5.91 Å². The molecule has 0 bridgehead atoms. The molecule has 0 saturated carbocycles. The van der Waals surface area contributed by atoms with Gasteiger partial charge < -0.3 is 14.6 Å². The number of carbonyl (C=O) groups is 1. The average molecular weight is 358 g/mol. The number of amides is 1. The number of methoxy groups -OCH3 is 1. The minimum Gasteiger partial charge on any atom is -0.494 e. The maximum absolute atomic E-state index is 13.8. The van der Waals surface area contributed by atoms with Gasteiger partial charge in [0.2, 0.25) is 0 Å². The molecule has 3 rings (SSSR count). The fourth-order valence-corrected chi connectivity index (χ4v) is 2.48. The van der Waals surface area contributed by atoms with Crippen LogP contribution in [0.3, 0.4) is 0 Å². The van der Waals surface area contributed by atoms with Crippen LogP contribution in [0.2, 0.25) is 0 Å². The van der Waals surface area contributed by atoms with E-state index in [0.717, 1.165) is 0 Å². The van der Waals surface area contributed by atoms with Crippen LogP contribution in [0.25, 0.3) is 11.3 Å². The molecule has 5 nitrogen and oxygen atoms in total. The lowest BCUT2D eigenvalue weighted by Gasteiger charge is -2.14. The van der Waals surface area contributed by atoms with Crippen molar-refractivity contribution in [1.82, 2.24) is 10.5 Å². The van der Waals surface area contributed by atoms with Crippen LogP contribution in [0.1, 0.15) is 29.0 Å². The summed E-state index contributed by atoms with van der Waals surface area (Å²) in [6.07, 6.45) is 0. The molecule has 1 heterocycles. The zero-order chi connectivity index (χ0) is 18.7. The first-order valence-corrected chi connectivity index (χ1v) is 7.85. The number of benzene rings is 2. The minimum absolute atomic E-state index is 0.00378. The Morgan fingerprint density at radius 1 is 1.15 bits per heavy atom. The van der Waals surface area contributed by atoms with Crippen LogP contribution < -0.4 is 10.1 Å². The Morgan fingerprint density at radius 2 is 1.92 bits per heavy atom. The molecular formula is C19H16F2N2O3. The van der Waals surface area contributed by atoms with Gasteiger partial charge in [0.25, 0.3) is 5.91 Å². The van der Waals surface area contributed by atoms with Crippen molar-refractivity contribution in [2.75, 3.05) is 7.11 Å². The number of aromatic nitrogens is 1. The molecule has 1 atom stereocenters. The van der Waals surface area contributed by atoms with E-state index in [9.17, 15) is 13.6 Å². The SMILES string of the molecule is COc1ccc([C@@H](C)NC(=O)c2cc(-c3ccccc3F)on2)cc1F. The van der Waals surface area contributed by atoms with E-state index in [1.165, 1.54) is 37.4 Å². The molecule has 26 heavy (non-hydrogen) atoms. The van der Waals surface area contributed by atoms with E-state index in [1.807, 2.05) is 0 Å². The normalized spacial score (nSPS) is 11.8. The minimum atomic E-state index is -0.519. The topological polar surface area (TPSA) is 64.4 Å². The lowest BCUT2D eigenvalue weighted by atomic mass is 10.1. The third-order valence-corrected chi connectivity index (χ3v) is 3.91. The lowest BCUT2D eigenvalue weighted by molar-refractivity contribution is 0.0930. The van der Waals surface area contributed by atoms with E-state index >= 15 is 0 Å². The summed E-state index contributed by atoms with van der Waals surface area (Å²) in [4.78, 5) is 12.3. The summed E-state index contributed by atoms with van der Waals surface area (Å²) in [5, 5.41) is 6.37. The van der Waals surface area contributed by atoms with Gasteiger partial charge in [0.1, 0.15) is 5.82 Å². The van der Waals surface area contributed by atoms with E-state index < -0.39 is 23.6 Å². The maximum Gasteiger partial charge on any atom is 0.273 e. The molecule has 0 unspecified atom stereocenters. The summed E-state index contributed by atoms with van der Waals surface area (Å²) in [5.41, 5.74) is 0.780. The third-order valence-electron chi connectivity index (χ3n) is 3.91. The maximum atomic E-state index is 13.8. The second-order valence-electron chi connectivity index (χ2n) is 5.65. The molecule has 0 aliphatic rings. The van der Waals surface area contributed by atoms with E-state index in [-0.39, 0.29) is 22.8 Å². The zero-order valence-corrected chi connectivity index (χ0v) is 14.1. The quantitative estimate of drug-likeness (QED) is 0.745. The third kappa shape index (κ3) is 3.56. The smallest absolute Gasteiger partial charge is 0.273 e. The van der Waals surface area contributed by atoms with E-state index in [0.29, 0.717) is 5.56 Å². The average Bonchev–Trinajstić information content (AvgIpc) is 3.12. The van der Waals surface area contributed by atoms with Crippen LogP contribution in [-0.4, -0.2) is 18.2 Å². The van der Waals surface area contributed by atoms with Gasteiger partial charge in [-0.3, -0.25) is 4.79 Å². The molecule has 134 valence electrons. The zero-order valence-electron chi connectivity index (χ0n) is 14.1. The van der Waals surface area contributed by atoms with E-state index in [2.05, 4.69) is 10.5 Å². The summed E-state index contributed by atoms with van der Waals surface area (Å²) >= 11 is 0. The molecule has 1 amide bonds. The van der Waals surface area contributed by atoms with Crippen molar-refractivity contribution in [3.63, 3.8) is 0 Å².